The molecule has 1 heterocycles. The van der Waals surface area contributed by atoms with E-state index in [1.807, 2.05) is 0 Å². The van der Waals surface area contributed by atoms with Crippen LogP contribution in [0.25, 0.3) is 0 Å². The zero-order valence-corrected chi connectivity index (χ0v) is 14.9. The lowest BCUT2D eigenvalue weighted by molar-refractivity contribution is -0.709. The Kier molecular flexibility index (Phi) is 6.54. The summed E-state index contributed by atoms with van der Waals surface area (Å²) in [7, 11) is 0. The number of hydrogen-bond donors (Lipinski definition) is 0. The van der Waals surface area contributed by atoms with Gasteiger partial charge in [-0.1, -0.05) is 6.92 Å². The molecule has 0 saturated carbocycles. The smallest absolute Gasteiger partial charge is 0.441 e. The van der Waals surface area contributed by atoms with Crippen LogP contribution in [0.1, 0.15) is 13.3 Å². The molecule has 1 aliphatic rings. The van der Waals surface area contributed by atoms with Crippen LogP contribution in [0.2, 0.25) is 0 Å². The van der Waals surface area contributed by atoms with E-state index in [-0.39, 0.29) is 0 Å². The van der Waals surface area contributed by atoms with Gasteiger partial charge in [0.1, 0.15) is 0 Å². The monoisotopic (exact) mass is 518 g/mol. The lowest BCUT2D eigenvalue weighted by atomic mass is 9.90. The van der Waals surface area contributed by atoms with Crippen LogP contribution < -0.4 is 0 Å². The van der Waals surface area contributed by atoms with Gasteiger partial charge < -0.3 is 4.74 Å². The highest BCUT2D eigenvalue weighted by atomic mass is 19.4. The first-order valence-corrected chi connectivity index (χ1v) is 7.78. The number of rotatable bonds is 8. The Morgan fingerprint density at radius 2 is 0.938 bits per heavy atom. The molecule has 19 heteroatoms. The summed E-state index contributed by atoms with van der Waals surface area (Å²) in [5, 5.41) is 0. The summed E-state index contributed by atoms with van der Waals surface area (Å²) >= 11 is 0. The predicted octanol–water partition coefficient (Wildman–Crippen LogP) is 5.80. The highest BCUT2D eigenvalue weighted by molar-refractivity contribution is 5.71. The molecule has 0 spiro atoms. The van der Waals surface area contributed by atoms with E-state index in [9.17, 15) is 74.6 Å². The molecule has 2 nitrogen and oxygen atoms in total. The van der Waals surface area contributed by atoms with Crippen molar-refractivity contribution in [3.8, 4) is 0 Å². The van der Waals surface area contributed by atoms with Crippen LogP contribution in [-0.4, -0.2) is 71.4 Å². The summed E-state index contributed by atoms with van der Waals surface area (Å²) < 4.78 is 227. The first kappa shape index (κ1) is 28.3. The number of halogens is 17. The average Bonchev–Trinajstić information content (AvgIpc) is 3.09. The van der Waals surface area contributed by atoms with Gasteiger partial charge in [0.15, 0.2) is 13.2 Å². The Balaban J connectivity index is 3.69. The van der Waals surface area contributed by atoms with Crippen LogP contribution in [0.15, 0.2) is 0 Å². The van der Waals surface area contributed by atoms with Gasteiger partial charge in [-0.15, -0.1) is 13.4 Å². The van der Waals surface area contributed by atoms with Crippen LogP contribution in [-0.2, 0) is 4.74 Å². The standard InChI is InChI=1S/C13H9F17NO/c1-2-5-31(3-4-32-5)13(29,30)11(24,25)9(20,21)7(16,17)6(14,15)8(18,19)10(22,23)12(26,27)28/h2-4H2,1H3/q+1. The normalized spacial score (nSPS) is 18.3. The van der Waals surface area contributed by atoms with Crippen molar-refractivity contribution in [2.75, 3.05) is 13.2 Å². The summed E-state index contributed by atoms with van der Waals surface area (Å²) in [5.74, 6) is -51.2. The predicted molar refractivity (Wildman–Crippen MR) is 67.1 cm³/mol. The number of nitrogens with zero attached hydrogens (tertiary/aromatic N) is 1. The van der Waals surface area contributed by atoms with Crippen LogP contribution in [0.4, 0.5) is 74.6 Å². The second-order valence-electron chi connectivity index (χ2n) is 6.23. The topological polar surface area (TPSA) is 12.2 Å². The fourth-order valence-corrected chi connectivity index (χ4v) is 2.37. The molecule has 32 heavy (non-hydrogen) atoms. The fourth-order valence-electron chi connectivity index (χ4n) is 2.37. The summed E-state index contributed by atoms with van der Waals surface area (Å²) in [5.41, 5.74) is 0. The second-order valence-corrected chi connectivity index (χ2v) is 6.23. The highest BCUT2D eigenvalue weighted by Crippen LogP contribution is 2.64. The molecule has 0 aromatic heterocycles. The minimum absolute atomic E-state index is 0.778. The molecule has 0 N–H and O–H groups in total. The summed E-state index contributed by atoms with van der Waals surface area (Å²) in [6.45, 7) is -1.46. The third kappa shape index (κ3) is 3.35. The Bertz CT molecular complexity index is 750. The van der Waals surface area contributed by atoms with Crippen molar-refractivity contribution in [3.63, 3.8) is 0 Å². The van der Waals surface area contributed by atoms with E-state index in [1.165, 1.54) is 0 Å². The van der Waals surface area contributed by atoms with Gasteiger partial charge in [-0.3, -0.25) is 0 Å². The van der Waals surface area contributed by atoms with Crippen molar-refractivity contribution >= 4 is 5.90 Å². The van der Waals surface area contributed by atoms with Crippen molar-refractivity contribution in [3.05, 3.63) is 0 Å². The minimum atomic E-state index is -8.62. The van der Waals surface area contributed by atoms with E-state index >= 15 is 0 Å². The van der Waals surface area contributed by atoms with Gasteiger partial charge in [0.25, 0.3) is 0 Å². The van der Waals surface area contributed by atoms with Crippen molar-refractivity contribution in [1.82, 2.24) is 0 Å². The Labute approximate surface area is 165 Å². The molecule has 0 atom stereocenters. The van der Waals surface area contributed by atoms with E-state index in [4.69, 9.17) is 0 Å². The highest BCUT2D eigenvalue weighted by Gasteiger charge is 2.97. The molecule has 0 radical (unpaired) electrons. The van der Waals surface area contributed by atoms with Gasteiger partial charge in [0.2, 0.25) is 0 Å². The molecule has 1 rings (SSSR count). The molecular weight excluding hydrogens is 509 g/mol. The average molecular weight is 518 g/mol. The van der Waals surface area contributed by atoms with E-state index in [1.54, 1.807) is 0 Å². The summed E-state index contributed by atoms with van der Waals surface area (Å²) in [6, 6.07) is -6.58. The molecule has 0 saturated heterocycles. The third-order valence-electron chi connectivity index (χ3n) is 4.23. The number of ether oxygens (including phenoxy) is 1. The molecule has 0 fully saturated rings. The van der Waals surface area contributed by atoms with Crippen molar-refractivity contribution in [2.24, 2.45) is 0 Å². The van der Waals surface area contributed by atoms with Gasteiger partial charge in [-0.25, -0.2) is 0 Å². The van der Waals surface area contributed by atoms with Crippen molar-refractivity contribution < 1.29 is 83.9 Å². The van der Waals surface area contributed by atoms with E-state index in [0.717, 1.165) is 6.92 Å². The molecule has 0 aromatic carbocycles. The molecular formula is C13H9F17NO+. The first-order chi connectivity index (χ1) is 13.8. The van der Waals surface area contributed by atoms with E-state index < -0.39 is 77.8 Å². The van der Waals surface area contributed by atoms with Crippen LogP contribution in [0, 0.1) is 0 Å². The van der Waals surface area contributed by atoms with Gasteiger partial charge in [-0.2, -0.15) is 65.9 Å². The fraction of sp³-hybridized carbons (Fsp3) is 0.923. The lowest BCUT2D eigenvalue weighted by Crippen LogP contribution is -2.75. The molecule has 0 aromatic rings. The van der Waals surface area contributed by atoms with Gasteiger partial charge in [0.05, 0.1) is 6.42 Å². The maximum Gasteiger partial charge on any atom is 0.532 e. The molecule has 1 aliphatic heterocycles. The first-order valence-electron chi connectivity index (χ1n) is 7.78. The molecule has 0 aliphatic carbocycles. The third-order valence-corrected chi connectivity index (χ3v) is 4.23. The zero-order valence-electron chi connectivity index (χ0n) is 14.9. The van der Waals surface area contributed by atoms with Crippen LogP contribution in [0.5, 0.6) is 0 Å². The van der Waals surface area contributed by atoms with Crippen LogP contribution >= 0.6 is 0 Å². The Morgan fingerprint density at radius 1 is 0.594 bits per heavy atom. The SMILES string of the molecule is CCC1=[N+](C(F)(F)C(F)(F)C(F)(F)C(F)(F)C(F)(F)C(F)(F)C(F)(F)C(F)(F)F)CCO1. The number of hydrogen-bond acceptors (Lipinski definition) is 1. The van der Waals surface area contributed by atoms with Gasteiger partial charge >= 0.3 is 53.7 Å². The van der Waals surface area contributed by atoms with E-state index in [0.29, 0.717) is 0 Å². The second kappa shape index (κ2) is 7.39. The summed E-state index contributed by atoms with van der Waals surface area (Å²) in [6.07, 6.45) is -8.55. The van der Waals surface area contributed by atoms with Gasteiger partial charge in [-0.05, 0) is 0 Å². The molecule has 0 unspecified atom stereocenters. The molecule has 0 amide bonds. The minimum Gasteiger partial charge on any atom is -0.441 e. The number of alkyl halides is 17. The quantitative estimate of drug-likeness (QED) is 0.225. The zero-order chi connectivity index (χ0) is 26.0. The van der Waals surface area contributed by atoms with Crippen molar-refractivity contribution in [2.45, 2.75) is 61.1 Å². The Morgan fingerprint density at radius 3 is 1.28 bits per heavy atom. The maximum atomic E-state index is 14.0. The molecule has 0 bridgehead atoms. The summed E-state index contributed by atoms with van der Waals surface area (Å²) in [4.78, 5) is 0. The Hall–Kier alpha value is -1.72. The van der Waals surface area contributed by atoms with Crippen LogP contribution in [0.3, 0.4) is 0 Å². The van der Waals surface area contributed by atoms with Gasteiger partial charge in [0, 0.05) is 0 Å². The maximum absolute atomic E-state index is 14.0. The lowest BCUT2D eigenvalue weighted by Gasteiger charge is -2.41. The largest absolute Gasteiger partial charge is 0.532 e. The van der Waals surface area contributed by atoms with E-state index in [2.05, 4.69) is 4.74 Å². The molecule has 190 valence electrons. The van der Waals surface area contributed by atoms with Crippen molar-refractivity contribution in [1.29, 1.82) is 0 Å².